The molecule has 3 rings (SSSR count). The molecule has 0 spiro atoms. The molecule has 0 amide bonds. The zero-order chi connectivity index (χ0) is 19.8. The molecule has 0 unspecified atom stereocenters. The zero-order valence-corrected chi connectivity index (χ0v) is 14.8. The quantitative estimate of drug-likeness (QED) is 0.454. The smallest absolute Gasteiger partial charge is 0.339 e. The highest BCUT2D eigenvalue weighted by Crippen LogP contribution is 2.40. The summed E-state index contributed by atoms with van der Waals surface area (Å²) in [4.78, 5) is 10.9. The van der Waals surface area contributed by atoms with Crippen molar-refractivity contribution >= 4 is 38.2 Å². The van der Waals surface area contributed by atoms with E-state index in [4.69, 9.17) is 0 Å². The van der Waals surface area contributed by atoms with E-state index in [1.165, 1.54) is 18.2 Å². The Bertz CT molecular complexity index is 1200. The highest BCUT2D eigenvalue weighted by molar-refractivity contribution is 7.86. The maximum Gasteiger partial charge on any atom is 0.339 e. The number of rotatable bonds is 4. The highest BCUT2D eigenvalue weighted by Gasteiger charge is 2.19. The van der Waals surface area contributed by atoms with Crippen LogP contribution in [0.3, 0.4) is 0 Å². The van der Waals surface area contributed by atoms with Gasteiger partial charge in [0.2, 0.25) is 0 Å². The fourth-order valence-corrected chi connectivity index (χ4v) is 3.35. The number of aromatic carboxylic acids is 1. The van der Waals surface area contributed by atoms with Crippen LogP contribution in [0.2, 0.25) is 0 Å². The molecule has 0 bridgehead atoms. The van der Waals surface area contributed by atoms with Crippen molar-refractivity contribution in [2.24, 2.45) is 10.2 Å². The standard InChI is InChI=1S/C18H14N2O6S/c1-10-5-4-8-14(27(24,25)26)15(10)19-20-16-12-7-3-2-6-11(12)9-13(17(16)21)18(22)23/h2-9,21H,1H3,(H,22,23)(H,24,25,26). The number of hydrogen-bond acceptors (Lipinski definition) is 6. The summed E-state index contributed by atoms with van der Waals surface area (Å²) >= 11 is 0. The number of fused-ring (bicyclic) bond motifs is 1. The summed E-state index contributed by atoms with van der Waals surface area (Å²) in [6.45, 7) is 1.58. The first kappa shape index (κ1) is 18.5. The number of nitrogens with zero attached hydrogens (tertiary/aromatic N) is 2. The monoisotopic (exact) mass is 386 g/mol. The van der Waals surface area contributed by atoms with Crippen LogP contribution in [0, 0.1) is 6.92 Å². The number of aromatic hydroxyl groups is 1. The lowest BCUT2D eigenvalue weighted by Gasteiger charge is -2.08. The van der Waals surface area contributed by atoms with Crippen molar-refractivity contribution in [2.75, 3.05) is 0 Å². The van der Waals surface area contributed by atoms with Gasteiger partial charge in [0.25, 0.3) is 10.1 Å². The second kappa shape index (κ2) is 6.78. The van der Waals surface area contributed by atoms with E-state index in [2.05, 4.69) is 10.2 Å². The molecule has 27 heavy (non-hydrogen) atoms. The minimum absolute atomic E-state index is 0.107. The summed E-state index contributed by atoms with van der Waals surface area (Å²) in [6, 6.07) is 12.1. The summed E-state index contributed by atoms with van der Waals surface area (Å²) in [5, 5.41) is 28.4. The van der Waals surface area contributed by atoms with Gasteiger partial charge in [0.05, 0.1) is 0 Å². The lowest BCUT2D eigenvalue weighted by molar-refractivity contribution is 0.0694. The molecule has 0 heterocycles. The molecule has 0 aliphatic carbocycles. The van der Waals surface area contributed by atoms with E-state index in [1.807, 2.05) is 0 Å². The van der Waals surface area contributed by atoms with Gasteiger partial charge in [0.1, 0.15) is 21.8 Å². The normalized spacial score (nSPS) is 11.9. The number of carboxylic acid groups (broad SMARTS) is 1. The van der Waals surface area contributed by atoms with Gasteiger partial charge in [0.15, 0.2) is 5.75 Å². The van der Waals surface area contributed by atoms with E-state index in [1.54, 1.807) is 37.3 Å². The summed E-state index contributed by atoms with van der Waals surface area (Å²) in [5.74, 6) is -1.93. The molecule has 0 fully saturated rings. The molecule has 0 aromatic heterocycles. The summed E-state index contributed by atoms with van der Waals surface area (Å²) in [6.07, 6.45) is 0. The second-order valence-electron chi connectivity index (χ2n) is 5.74. The Morgan fingerprint density at radius 2 is 1.67 bits per heavy atom. The predicted octanol–water partition coefficient (Wildman–Crippen LogP) is 4.21. The second-order valence-corrected chi connectivity index (χ2v) is 7.13. The van der Waals surface area contributed by atoms with Crippen molar-refractivity contribution in [2.45, 2.75) is 11.8 Å². The summed E-state index contributed by atoms with van der Waals surface area (Å²) in [7, 11) is -4.54. The Balaban J connectivity index is 2.27. The summed E-state index contributed by atoms with van der Waals surface area (Å²) in [5.41, 5.74) is -0.159. The van der Waals surface area contributed by atoms with Gasteiger partial charge in [-0.2, -0.15) is 8.42 Å². The number of azo groups is 1. The van der Waals surface area contributed by atoms with Crippen LogP contribution < -0.4 is 0 Å². The molecule has 0 saturated carbocycles. The maximum absolute atomic E-state index is 11.6. The molecule has 3 aromatic rings. The molecular weight excluding hydrogens is 372 g/mol. The van der Waals surface area contributed by atoms with Crippen molar-refractivity contribution in [3.63, 3.8) is 0 Å². The number of hydrogen-bond donors (Lipinski definition) is 3. The Hall–Kier alpha value is -3.30. The van der Waals surface area contributed by atoms with E-state index in [9.17, 15) is 28.0 Å². The van der Waals surface area contributed by atoms with Crippen LogP contribution in [0.25, 0.3) is 10.8 Å². The molecule has 8 nitrogen and oxygen atoms in total. The predicted molar refractivity (Wildman–Crippen MR) is 97.7 cm³/mol. The average Bonchev–Trinajstić information content (AvgIpc) is 2.60. The van der Waals surface area contributed by atoms with Gasteiger partial charge in [-0.05, 0) is 30.0 Å². The minimum Gasteiger partial charge on any atom is -0.505 e. The van der Waals surface area contributed by atoms with E-state index in [0.717, 1.165) is 0 Å². The van der Waals surface area contributed by atoms with Gasteiger partial charge < -0.3 is 10.2 Å². The Morgan fingerprint density at radius 1 is 1.00 bits per heavy atom. The first-order valence-corrected chi connectivity index (χ1v) is 9.11. The van der Waals surface area contributed by atoms with Gasteiger partial charge in [0, 0.05) is 5.39 Å². The van der Waals surface area contributed by atoms with Gasteiger partial charge in [-0.15, -0.1) is 10.2 Å². The largest absolute Gasteiger partial charge is 0.505 e. The van der Waals surface area contributed by atoms with Crippen molar-refractivity contribution in [1.29, 1.82) is 0 Å². The average molecular weight is 386 g/mol. The van der Waals surface area contributed by atoms with E-state index >= 15 is 0 Å². The molecular formula is C18H14N2O6S. The zero-order valence-electron chi connectivity index (χ0n) is 14.0. The first-order valence-electron chi connectivity index (χ1n) is 7.67. The number of aryl methyl sites for hydroxylation is 1. The number of carbonyl (C=O) groups is 1. The Labute approximate surface area is 154 Å². The lowest BCUT2D eigenvalue weighted by Crippen LogP contribution is -1.99. The molecule has 3 N–H and O–H groups in total. The third-order valence-corrected chi connectivity index (χ3v) is 4.84. The maximum atomic E-state index is 11.6. The van der Waals surface area contributed by atoms with Gasteiger partial charge in [-0.3, -0.25) is 4.55 Å². The molecule has 0 aliphatic heterocycles. The molecule has 0 saturated heterocycles. The van der Waals surface area contributed by atoms with Crippen LogP contribution in [0.15, 0.2) is 63.7 Å². The van der Waals surface area contributed by atoms with Crippen molar-refractivity contribution in [3.8, 4) is 5.75 Å². The molecule has 3 aromatic carbocycles. The van der Waals surface area contributed by atoms with Crippen molar-refractivity contribution in [1.82, 2.24) is 0 Å². The Morgan fingerprint density at radius 3 is 2.33 bits per heavy atom. The van der Waals surface area contributed by atoms with Crippen LogP contribution in [-0.4, -0.2) is 29.2 Å². The lowest BCUT2D eigenvalue weighted by atomic mass is 10.0. The van der Waals surface area contributed by atoms with E-state index in [-0.39, 0.29) is 16.9 Å². The fraction of sp³-hybridized carbons (Fsp3) is 0.0556. The summed E-state index contributed by atoms with van der Waals surface area (Å²) < 4.78 is 32.5. The Kier molecular flexibility index (Phi) is 4.64. The SMILES string of the molecule is Cc1cccc(S(=O)(=O)O)c1N=Nc1c(O)c(C(=O)O)cc2ccccc12. The van der Waals surface area contributed by atoms with Crippen LogP contribution in [-0.2, 0) is 10.1 Å². The third kappa shape index (κ3) is 3.50. The van der Waals surface area contributed by atoms with Crippen LogP contribution >= 0.6 is 0 Å². The van der Waals surface area contributed by atoms with Gasteiger partial charge in [-0.25, -0.2) is 4.79 Å². The van der Waals surface area contributed by atoms with E-state index in [0.29, 0.717) is 16.3 Å². The molecule has 138 valence electrons. The van der Waals surface area contributed by atoms with Crippen LogP contribution in [0.1, 0.15) is 15.9 Å². The highest BCUT2D eigenvalue weighted by atomic mass is 32.2. The minimum atomic E-state index is -4.54. The van der Waals surface area contributed by atoms with Crippen molar-refractivity contribution < 1.29 is 28.0 Å². The number of carboxylic acids is 1. The molecule has 9 heteroatoms. The number of benzene rings is 3. The first-order chi connectivity index (χ1) is 12.7. The van der Waals surface area contributed by atoms with E-state index < -0.39 is 26.7 Å². The van der Waals surface area contributed by atoms with Crippen LogP contribution in [0.4, 0.5) is 11.4 Å². The van der Waals surface area contributed by atoms with Gasteiger partial charge in [-0.1, -0.05) is 36.4 Å². The molecule has 0 aliphatic rings. The number of phenols is 1. The topological polar surface area (TPSA) is 137 Å². The van der Waals surface area contributed by atoms with Crippen LogP contribution in [0.5, 0.6) is 5.75 Å². The third-order valence-electron chi connectivity index (χ3n) is 3.95. The molecule has 0 atom stereocenters. The molecule has 0 radical (unpaired) electrons. The van der Waals surface area contributed by atoms with Gasteiger partial charge >= 0.3 is 5.97 Å². The van der Waals surface area contributed by atoms with Crippen molar-refractivity contribution in [3.05, 3.63) is 59.7 Å². The fourth-order valence-electron chi connectivity index (χ4n) is 2.65.